The first-order chi connectivity index (χ1) is 12.4. The van der Waals surface area contributed by atoms with Crippen LogP contribution in [0, 0.1) is 0 Å². The van der Waals surface area contributed by atoms with Crippen LogP contribution in [-0.4, -0.2) is 50.2 Å². The molecule has 0 aromatic heterocycles. The van der Waals surface area contributed by atoms with Crippen LogP contribution in [0.15, 0.2) is 23.1 Å². The lowest BCUT2D eigenvalue weighted by Gasteiger charge is -2.35. The molecule has 0 spiro atoms. The van der Waals surface area contributed by atoms with E-state index in [-0.39, 0.29) is 36.5 Å². The number of sulfone groups is 1. The molecule has 2 atom stereocenters. The lowest BCUT2D eigenvalue weighted by atomic mass is 9.98. The van der Waals surface area contributed by atoms with E-state index in [9.17, 15) is 13.2 Å². The lowest BCUT2D eigenvalue weighted by molar-refractivity contribution is -0.132. The molecule has 0 saturated carbocycles. The van der Waals surface area contributed by atoms with Crippen molar-refractivity contribution >= 4 is 28.2 Å². The first kappa shape index (κ1) is 20.6. The minimum Gasteiger partial charge on any atom is -0.343 e. The van der Waals surface area contributed by atoms with Gasteiger partial charge in [-0.2, -0.15) is 0 Å². The van der Waals surface area contributed by atoms with E-state index in [1.165, 1.54) is 18.4 Å². The predicted octanol–water partition coefficient (Wildman–Crippen LogP) is 2.50. The van der Waals surface area contributed by atoms with Crippen LogP contribution >= 0.6 is 12.4 Å². The van der Waals surface area contributed by atoms with E-state index < -0.39 is 9.84 Å². The first-order valence-electron chi connectivity index (χ1n) is 9.78. The van der Waals surface area contributed by atoms with Gasteiger partial charge in [-0.25, -0.2) is 8.42 Å². The van der Waals surface area contributed by atoms with Gasteiger partial charge in [0.25, 0.3) is 0 Å². The van der Waals surface area contributed by atoms with Gasteiger partial charge in [-0.05, 0) is 68.2 Å². The molecule has 2 heterocycles. The van der Waals surface area contributed by atoms with Crippen LogP contribution in [0.2, 0.25) is 0 Å². The van der Waals surface area contributed by atoms with Gasteiger partial charge in [-0.15, -0.1) is 12.4 Å². The second-order valence-electron chi connectivity index (χ2n) is 8.12. The molecule has 5 nitrogen and oxygen atoms in total. The normalized spacial score (nSPS) is 26.3. The van der Waals surface area contributed by atoms with Gasteiger partial charge in [0, 0.05) is 31.6 Å². The molecule has 1 N–H and O–H groups in total. The molecule has 27 heavy (non-hydrogen) atoms. The van der Waals surface area contributed by atoms with E-state index in [1.807, 2.05) is 19.2 Å². The van der Waals surface area contributed by atoms with Crippen LogP contribution in [0.5, 0.6) is 0 Å². The summed E-state index contributed by atoms with van der Waals surface area (Å²) >= 11 is 0. The van der Waals surface area contributed by atoms with Crippen molar-refractivity contribution in [1.82, 2.24) is 10.2 Å². The van der Waals surface area contributed by atoms with Crippen LogP contribution in [0.3, 0.4) is 0 Å². The van der Waals surface area contributed by atoms with Crippen molar-refractivity contribution in [3.8, 4) is 0 Å². The molecule has 150 valence electrons. The number of hydrogen-bond acceptors (Lipinski definition) is 4. The average Bonchev–Trinajstić information content (AvgIpc) is 3.24. The van der Waals surface area contributed by atoms with Gasteiger partial charge in [0.2, 0.25) is 5.91 Å². The number of aryl methyl sites for hydroxylation is 2. The molecule has 2 aliphatic heterocycles. The minimum atomic E-state index is -3.41. The smallest absolute Gasteiger partial charge is 0.223 e. The van der Waals surface area contributed by atoms with Crippen molar-refractivity contribution in [3.63, 3.8) is 0 Å². The minimum absolute atomic E-state index is 0. The number of benzene rings is 1. The Labute approximate surface area is 168 Å². The Kier molecular flexibility index (Phi) is 6.18. The van der Waals surface area contributed by atoms with Crippen LogP contribution < -0.4 is 5.32 Å². The Bertz CT molecular complexity index is 799. The summed E-state index contributed by atoms with van der Waals surface area (Å²) in [7, 11) is -1.58. The van der Waals surface area contributed by atoms with Gasteiger partial charge < -0.3 is 10.2 Å². The van der Waals surface area contributed by atoms with Crippen molar-refractivity contribution in [2.24, 2.45) is 0 Å². The molecular formula is C20H29ClN2O3S. The molecule has 7 heteroatoms. The van der Waals surface area contributed by atoms with Gasteiger partial charge in [-0.3, -0.25) is 4.79 Å². The second kappa shape index (κ2) is 8.10. The Morgan fingerprint density at radius 2 is 1.81 bits per heavy atom. The highest BCUT2D eigenvalue weighted by molar-refractivity contribution is 7.91. The Hall–Kier alpha value is -1.11. The zero-order chi connectivity index (χ0) is 18.3. The molecule has 1 aliphatic carbocycles. The van der Waals surface area contributed by atoms with Gasteiger partial charge in [0.15, 0.2) is 9.84 Å². The van der Waals surface area contributed by atoms with Crippen LogP contribution in [0.25, 0.3) is 0 Å². The van der Waals surface area contributed by atoms with Crippen LogP contribution in [0.4, 0.5) is 0 Å². The number of carbonyl (C=O) groups is 1. The number of carbonyl (C=O) groups excluding carboxylic acids is 1. The molecule has 4 rings (SSSR count). The predicted molar refractivity (Wildman–Crippen MR) is 108 cm³/mol. The molecule has 3 aliphatic rings. The maximum absolute atomic E-state index is 12.7. The molecule has 1 amide bonds. The summed E-state index contributed by atoms with van der Waals surface area (Å²) in [6.45, 7) is 0. The number of piperidine rings is 1. The maximum atomic E-state index is 12.7. The summed E-state index contributed by atoms with van der Waals surface area (Å²) in [5.74, 6) is -0.159. The van der Waals surface area contributed by atoms with Gasteiger partial charge in [0.05, 0.1) is 10.6 Å². The highest BCUT2D eigenvalue weighted by Crippen LogP contribution is 2.30. The third-order valence-electron chi connectivity index (χ3n) is 6.40. The fourth-order valence-electron chi connectivity index (χ4n) is 4.80. The molecule has 2 unspecified atom stereocenters. The topological polar surface area (TPSA) is 66.5 Å². The van der Waals surface area contributed by atoms with Gasteiger partial charge in [-0.1, -0.05) is 6.07 Å². The number of nitrogens with one attached hydrogen (secondary N) is 1. The summed E-state index contributed by atoms with van der Waals surface area (Å²) < 4.78 is 25.3. The molecule has 2 saturated heterocycles. The zero-order valence-electron chi connectivity index (χ0n) is 15.8. The number of amides is 1. The third-order valence-corrected chi connectivity index (χ3v) is 8.12. The number of hydrogen-bond donors (Lipinski definition) is 1. The zero-order valence-corrected chi connectivity index (χ0v) is 17.4. The van der Waals surface area contributed by atoms with E-state index >= 15 is 0 Å². The number of fused-ring (bicyclic) bond motifs is 3. The summed E-state index contributed by atoms with van der Waals surface area (Å²) in [5, 5.41) is 3.58. The van der Waals surface area contributed by atoms with Crippen LogP contribution in [-0.2, 0) is 27.5 Å². The lowest BCUT2D eigenvalue weighted by Crippen LogP contribution is -2.48. The fraction of sp³-hybridized carbons (Fsp3) is 0.650. The molecular weight excluding hydrogens is 384 g/mol. The molecule has 1 aromatic rings. The Balaban J connectivity index is 0.00000210. The molecule has 2 bridgehead atoms. The largest absolute Gasteiger partial charge is 0.343 e. The third kappa shape index (κ3) is 4.33. The highest BCUT2D eigenvalue weighted by atomic mass is 35.5. The summed E-state index contributed by atoms with van der Waals surface area (Å²) in [4.78, 5) is 14.7. The number of nitrogens with zero attached hydrogens (tertiary/aromatic N) is 1. The summed E-state index contributed by atoms with van der Waals surface area (Å²) in [5.41, 5.74) is 2.42. The quantitative estimate of drug-likeness (QED) is 0.806. The number of rotatable bonds is 5. The van der Waals surface area contributed by atoms with E-state index in [0.717, 1.165) is 37.7 Å². The molecule has 1 aromatic carbocycles. The maximum Gasteiger partial charge on any atom is 0.223 e. The van der Waals surface area contributed by atoms with E-state index in [1.54, 1.807) is 11.0 Å². The Morgan fingerprint density at radius 1 is 1.15 bits per heavy atom. The van der Waals surface area contributed by atoms with E-state index in [0.29, 0.717) is 17.0 Å². The second-order valence-corrected chi connectivity index (χ2v) is 10.2. The van der Waals surface area contributed by atoms with Gasteiger partial charge in [0.1, 0.15) is 0 Å². The fourth-order valence-corrected chi connectivity index (χ4v) is 6.08. The average molecular weight is 413 g/mol. The first-order valence-corrected chi connectivity index (χ1v) is 11.4. The standard InChI is InChI=1S/C20H28N2O3S.ClH/c1-22(18-12-16-6-7-17(13-18)21-16)20(23)9-10-26(24,25)19-8-5-14-3-2-4-15(14)11-19;/h5,8,11,16-18,21H,2-4,6-7,9-10,12-13H2,1H3;1H. The van der Waals surface area contributed by atoms with E-state index in [4.69, 9.17) is 0 Å². The SMILES string of the molecule is CN(C(=O)CCS(=O)(=O)c1ccc2c(c1)CCC2)C1CC2CCC(C1)N2.Cl. The van der Waals surface area contributed by atoms with Crippen molar-refractivity contribution < 1.29 is 13.2 Å². The molecule has 0 radical (unpaired) electrons. The van der Waals surface area contributed by atoms with Crippen molar-refractivity contribution in [1.29, 1.82) is 0 Å². The van der Waals surface area contributed by atoms with Gasteiger partial charge >= 0.3 is 0 Å². The van der Waals surface area contributed by atoms with Crippen molar-refractivity contribution in [2.45, 2.75) is 74.4 Å². The Morgan fingerprint density at radius 3 is 2.52 bits per heavy atom. The van der Waals surface area contributed by atoms with Crippen molar-refractivity contribution in [2.75, 3.05) is 12.8 Å². The van der Waals surface area contributed by atoms with E-state index in [2.05, 4.69) is 5.32 Å². The summed E-state index contributed by atoms with van der Waals surface area (Å²) in [6, 6.07) is 6.74. The van der Waals surface area contributed by atoms with Crippen LogP contribution in [0.1, 0.15) is 49.7 Å². The molecule has 2 fully saturated rings. The monoisotopic (exact) mass is 412 g/mol. The highest BCUT2D eigenvalue weighted by Gasteiger charge is 2.36. The summed E-state index contributed by atoms with van der Waals surface area (Å²) in [6.07, 6.45) is 7.50. The van der Waals surface area contributed by atoms with Crippen molar-refractivity contribution in [3.05, 3.63) is 29.3 Å². The number of halogens is 1.